The molecule has 134 valence electrons. The zero-order chi connectivity index (χ0) is 17.6. The fourth-order valence-corrected chi connectivity index (χ4v) is 2.63. The van der Waals surface area contributed by atoms with E-state index in [9.17, 15) is 4.39 Å². The second-order valence-electron chi connectivity index (χ2n) is 5.75. The molecule has 0 aliphatic carbocycles. The van der Waals surface area contributed by atoms with Crippen LogP contribution in [0.25, 0.3) is 0 Å². The van der Waals surface area contributed by atoms with Gasteiger partial charge in [-0.15, -0.1) is 12.4 Å². The van der Waals surface area contributed by atoms with Gasteiger partial charge in [0.15, 0.2) is 0 Å². The summed E-state index contributed by atoms with van der Waals surface area (Å²) in [5.41, 5.74) is 7.61. The van der Waals surface area contributed by atoms with Gasteiger partial charge < -0.3 is 10.6 Å². The number of pyridine rings is 1. The molecule has 0 amide bonds. The number of anilines is 1. The van der Waals surface area contributed by atoms with E-state index < -0.39 is 5.95 Å². The molecule has 0 saturated heterocycles. The van der Waals surface area contributed by atoms with E-state index in [1.165, 1.54) is 6.07 Å². The van der Waals surface area contributed by atoms with Crippen molar-refractivity contribution in [1.82, 2.24) is 4.98 Å². The number of nitrogens with two attached hydrogens (primary N) is 1. The molecule has 0 radical (unpaired) electrons. The van der Waals surface area contributed by atoms with Gasteiger partial charge in [-0.2, -0.15) is 4.39 Å². The molecule has 3 rings (SSSR count). The first kappa shape index (κ1) is 19.4. The molecule has 26 heavy (non-hydrogen) atoms. The van der Waals surface area contributed by atoms with Gasteiger partial charge in [0.2, 0.25) is 5.95 Å². The second kappa shape index (κ2) is 8.97. The first-order chi connectivity index (χ1) is 12.1. The van der Waals surface area contributed by atoms with Gasteiger partial charge in [0.1, 0.15) is 11.7 Å². The van der Waals surface area contributed by atoms with Crippen LogP contribution in [0.2, 0.25) is 0 Å². The predicted octanol–water partition coefficient (Wildman–Crippen LogP) is 4.13. The number of nitrogen functional groups attached to an aromatic ring is 1. The van der Waals surface area contributed by atoms with Crippen LogP contribution in [0.1, 0.15) is 16.7 Å². The standard InChI is InChI=1S/C20H19FN4.ClH/c21-19-17(20(22)23)11-12-18(24-19)25(13-15-7-3-1-4-8-15)14-16-9-5-2-6-10-16;/h1-12H,13-14H2,(H3,22,23);1H. The van der Waals surface area contributed by atoms with Crippen LogP contribution in [0.5, 0.6) is 0 Å². The number of hydrogen-bond donors (Lipinski definition) is 2. The number of amidine groups is 1. The van der Waals surface area contributed by atoms with Gasteiger partial charge in [-0.1, -0.05) is 60.7 Å². The van der Waals surface area contributed by atoms with Gasteiger partial charge >= 0.3 is 0 Å². The maximum atomic E-state index is 14.2. The summed E-state index contributed by atoms with van der Waals surface area (Å²) < 4.78 is 14.2. The second-order valence-corrected chi connectivity index (χ2v) is 5.75. The number of halogens is 2. The summed E-state index contributed by atoms with van der Waals surface area (Å²) in [4.78, 5) is 6.02. The normalized spacial score (nSPS) is 10.0. The Kier molecular flexibility index (Phi) is 6.69. The van der Waals surface area contributed by atoms with Crippen LogP contribution in [0.15, 0.2) is 72.8 Å². The Balaban J connectivity index is 0.00000243. The highest BCUT2D eigenvalue weighted by molar-refractivity contribution is 5.95. The highest BCUT2D eigenvalue weighted by Crippen LogP contribution is 2.20. The van der Waals surface area contributed by atoms with E-state index in [4.69, 9.17) is 11.1 Å². The van der Waals surface area contributed by atoms with Crippen LogP contribution in [0, 0.1) is 11.4 Å². The summed E-state index contributed by atoms with van der Waals surface area (Å²) in [6.07, 6.45) is 0. The van der Waals surface area contributed by atoms with Crippen LogP contribution in [0.3, 0.4) is 0 Å². The SMILES string of the molecule is Cl.N=C(N)c1ccc(N(Cc2ccccc2)Cc2ccccc2)nc1F. The Labute approximate surface area is 158 Å². The van der Waals surface area contributed by atoms with Crippen molar-refractivity contribution in [2.75, 3.05) is 4.90 Å². The highest BCUT2D eigenvalue weighted by atomic mass is 35.5. The lowest BCUT2D eigenvalue weighted by atomic mass is 10.1. The first-order valence-corrected chi connectivity index (χ1v) is 7.97. The third kappa shape index (κ3) is 4.80. The van der Waals surface area contributed by atoms with Crippen molar-refractivity contribution in [2.45, 2.75) is 13.1 Å². The third-order valence-corrected chi connectivity index (χ3v) is 3.88. The molecule has 0 aliphatic rings. The molecule has 0 bridgehead atoms. The van der Waals surface area contributed by atoms with Gasteiger partial charge in [0, 0.05) is 13.1 Å². The molecule has 0 saturated carbocycles. The molecule has 0 atom stereocenters. The number of nitrogens with zero attached hydrogens (tertiary/aromatic N) is 2. The minimum atomic E-state index is -0.726. The monoisotopic (exact) mass is 370 g/mol. The molecule has 6 heteroatoms. The summed E-state index contributed by atoms with van der Waals surface area (Å²) in [5, 5.41) is 7.40. The molecule has 3 N–H and O–H groups in total. The fraction of sp³-hybridized carbons (Fsp3) is 0.100. The zero-order valence-corrected chi connectivity index (χ0v) is 14.9. The average Bonchev–Trinajstić information content (AvgIpc) is 2.62. The van der Waals surface area contributed by atoms with Gasteiger partial charge in [-0.05, 0) is 23.3 Å². The summed E-state index contributed by atoms with van der Waals surface area (Å²) in [7, 11) is 0. The van der Waals surface area contributed by atoms with E-state index in [2.05, 4.69) is 4.98 Å². The Morgan fingerprint density at radius 2 is 1.38 bits per heavy atom. The van der Waals surface area contributed by atoms with Crippen molar-refractivity contribution >= 4 is 24.1 Å². The summed E-state index contributed by atoms with van der Waals surface area (Å²) in [6, 6.07) is 23.1. The van der Waals surface area contributed by atoms with Gasteiger partial charge in [0.25, 0.3) is 0 Å². The molecule has 1 heterocycles. The molecule has 4 nitrogen and oxygen atoms in total. The largest absolute Gasteiger partial charge is 0.384 e. The minimum Gasteiger partial charge on any atom is -0.384 e. The van der Waals surface area contributed by atoms with Crippen molar-refractivity contribution < 1.29 is 4.39 Å². The van der Waals surface area contributed by atoms with E-state index in [1.54, 1.807) is 6.07 Å². The summed E-state index contributed by atoms with van der Waals surface area (Å²) >= 11 is 0. The van der Waals surface area contributed by atoms with E-state index in [-0.39, 0.29) is 23.8 Å². The Morgan fingerprint density at radius 1 is 0.885 bits per heavy atom. The fourth-order valence-electron chi connectivity index (χ4n) is 2.63. The summed E-state index contributed by atoms with van der Waals surface area (Å²) in [5.74, 6) is -0.541. The van der Waals surface area contributed by atoms with Crippen molar-refractivity contribution in [1.29, 1.82) is 5.41 Å². The average molecular weight is 371 g/mol. The van der Waals surface area contributed by atoms with Crippen molar-refractivity contribution in [3.63, 3.8) is 0 Å². The topological polar surface area (TPSA) is 66.0 Å². The number of aromatic nitrogens is 1. The van der Waals surface area contributed by atoms with Crippen LogP contribution in [-0.4, -0.2) is 10.8 Å². The van der Waals surface area contributed by atoms with E-state index in [0.29, 0.717) is 18.9 Å². The Bertz CT molecular complexity index is 815. The van der Waals surface area contributed by atoms with E-state index in [0.717, 1.165) is 11.1 Å². The van der Waals surface area contributed by atoms with E-state index in [1.807, 2.05) is 65.6 Å². The molecule has 2 aromatic carbocycles. The predicted molar refractivity (Wildman–Crippen MR) is 105 cm³/mol. The quantitative estimate of drug-likeness (QED) is 0.389. The van der Waals surface area contributed by atoms with Gasteiger partial charge in [0.05, 0.1) is 5.56 Å². The molecular weight excluding hydrogens is 351 g/mol. The summed E-state index contributed by atoms with van der Waals surface area (Å²) in [6.45, 7) is 1.20. The highest BCUT2D eigenvalue weighted by Gasteiger charge is 2.14. The van der Waals surface area contributed by atoms with Crippen LogP contribution in [-0.2, 0) is 13.1 Å². The van der Waals surface area contributed by atoms with Gasteiger partial charge in [-0.25, -0.2) is 4.98 Å². The molecule has 0 fully saturated rings. The number of benzene rings is 2. The number of nitrogens with one attached hydrogen (secondary N) is 1. The van der Waals surface area contributed by atoms with Crippen molar-refractivity contribution in [3.8, 4) is 0 Å². The van der Waals surface area contributed by atoms with Crippen molar-refractivity contribution in [3.05, 3.63) is 95.4 Å². The Morgan fingerprint density at radius 3 is 1.81 bits per heavy atom. The van der Waals surface area contributed by atoms with E-state index >= 15 is 0 Å². The van der Waals surface area contributed by atoms with Crippen LogP contribution in [0.4, 0.5) is 10.2 Å². The minimum absolute atomic E-state index is 0. The van der Waals surface area contributed by atoms with Crippen molar-refractivity contribution in [2.24, 2.45) is 5.73 Å². The molecule has 0 aliphatic heterocycles. The third-order valence-electron chi connectivity index (χ3n) is 3.88. The lowest BCUT2D eigenvalue weighted by Crippen LogP contribution is -2.24. The Hall–Kier alpha value is -2.92. The molecule has 1 aromatic heterocycles. The maximum absolute atomic E-state index is 14.2. The van der Waals surface area contributed by atoms with Gasteiger partial charge in [-0.3, -0.25) is 5.41 Å². The smallest absolute Gasteiger partial charge is 0.225 e. The zero-order valence-electron chi connectivity index (χ0n) is 14.1. The molecular formula is C20H20ClFN4. The number of rotatable bonds is 6. The number of hydrogen-bond acceptors (Lipinski definition) is 3. The molecule has 0 unspecified atom stereocenters. The first-order valence-electron chi connectivity index (χ1n) is 7.97. The lowest BCUT2D eigenvalue weighted by Gasteiger charge is -2.24. The van der Waals surface area contributed by atoms with Crippen LogP contribution < -0.4 is 10.6 Å². The molecule has 0 spiro atoms. The van der Waals surface area contributed by atoms with Crippen LogP contribution >= 0.6 is 12.4 Å². The maximum Gasteiger partial charge on any atom is 0.225 e. The lowest BCUT2D eigenvalue weighted by molar-refractivity contribution is 0.577. The molecule has 3 aromatic rings.